The van der Waals surface area contributed by atoms with Crippen LogP contribution < -0.4 is 11.5 Å². The third-order valence-corrected chi connectivity index (χ3v) is 2.25. The van der Waals surface area contributed by atoms with Crippen LogP contribution in [0.2, 0.25) is 5.02 Å². The van der Waals surface area contributed by atoms with E-state index in [1.165, 1.54) is 19.1 Å². The molecule has 86 valence electrons. The van der Waals surface area contributed by atoms with E-state index in [9.17, 15) is 9.59 Å². The van der Waals surface area contributed by atoms with E-state index < -0.39 is 18.0 Å². The van der Waals surface area contributed by atoms with Crippen molar-refractivity contribution >= 4 is 29.2 Å². The first-order valence-corrected chi connectivity index (χ1v) is 4.85. The number of esters is 1. The molecule has 6 heteroatoms. The molecule has 1 rings (SSSR count). The molecule has 0 bridgehead atoms. The SMILES string of the molecule is CC(OC(=O)c1c(N)cccc1Cl)C(N)=O. The number of nitrogens with two attached hydrogens (primary N) is 2. The first kappa shape index (κ1) is 12.3. The molecule has 1 aromatic carbocycles. The average molecular weight is 243 g/mol. The van der Waals surface area contributed by atoms with E-state index in [4.69, 9.17) is 27.8 Å². The van der Waals surface area contributed by atoms with Gasteiger partial charge in [-0.15, -0.1) is 0 Å². The number of hydrogen-bond acceptors (Lipinski definition) is 4. The molecule has 4 N–H and O–H groups in total. The molecular formula is C10H11ClN2O3. The molecule has 0 aliphatic heterocycles. The predicted octanol–water partition coefficient (Wildman–Crippen LogP) is 0.953. The Labute approximate surface area is 97.3 Å². The standard InChI is InChI=1S/C10H11ClN2O3/c1-5(9(13)14)16-10(15)8-6(11)3-2-4-7(8)12/h2-5H,12H2,1H3,(H2,13,14). The summed E-state index contributed by atoms with van der Waals surface area (Å²) in [5.41, 5.74) is 10.8. The van der Waals surface area contributed by atoms with Crippen molar-refractivity contribution in [3.05, 3.63) is 28.8 Å². The van der Waals surface area contributed by atoms with Gasteiger partial charge in [-0.05, 0) is 19.1 Å². The van der Waals surface area contributed by atoms with Crippen LogP contribution >= 0.6 is 11.6 Å². The van der Waals surface area contributed by atoms with Gasteiger partial charge in [-0.2, -0.15) is 0 Å². The maximum absolute atomic E-state index is 11.6. The van der Waals surface area contributed by atoms with Crippen molar-refractivity contribution in [3.63, 3.8) is 0 Å². The van der Waals surface area contributed by atoms with Crippen molar-refractivity contribution in [2.24, 2.45) is 5.73 Å². The number of primary amides is 1. The van der Waals surface area contributed by atoms with E-state index in [2.05, 4.69) is 0 Å². The number of ether oxygens (including phenoxy) is 1. The van der Waals surface area contributed by atoms with Crippen LogP contribution in [0.15, 0.2) is 18.2 Å². The minimum Gasteiger partial charge on any atom is -0.449 e. The van der Waals surface area contributed by atoms with Gasteiger partial charge in [0.1, 0.15) is 5.56 Å². The Balaban J connectivity index is 2.93. The summed E-state index contributed by atoms with van der Waals surface area (Å²) in [4.78, 5) is 22.3. The molecule has 1 amide bonds. The van der Waals surface area contributed by atoms with E-state index >= 15 is 0 Å². The fourth-order valence-corrected chi connectivity index (χ4v) is 1.29. The zero-order chi connectivity index (χ0) is 12.3. The fourth-order valence-electron chi connectivity index (χ4n) is 1.03. The van der Waals surface area contributed by atoms with Crippen molar-refractivity contribution in [3.8, 4) is 0 Å². The Morgan fingerprint density at radius 3 is 2.56 bits per heavy atom. The predicted molar refractivity (Wildman–Crippen MR) is 59.9 cm³/mol. The molecule has 1 aromatic rings. The maximum atomic E-state index is 11.6. The van der Waals surface area contributed by atoms with Gasteiger partial charge in [0, 0.05) is 5.69 Å². The molecule has 0 saturated heterocycles. The average Bonchev–Trinajstić information content (AvgIpc) is 2.16. The van der Waals surface area contributed by atoms with Crippen molar-refractivity contribution in [1.82, 2.24) is 0 Å². The number of halogens is 1. The van der Waals surface area contributed by atoms with Gasteiger partial charge in [-0.3, -0.25) is 4.79 Å². The van der Waals surface area contributed by atoms with Crippen molar-refractivity contribution in [1.29, 1.82) is 0 Å². The zero-order valence-corrected chi connectivity index (χ0v) is 9.32. The van der Waals surface area contributed by atoms with Crippen LogP contribution in [-0.2, 0) is 9.53 Å². The number of carbonyl (C=O) groups is 2. The highest BCUT2D eigenvalue weighted by Gasteiger charge is 2.20. The fraction of sp³-hybridized carbons (Fsp3) is 0.200. The normalized spacial score (nSPS) is 11.9. The largest absolute Gasteiger partial charge is 0.449 e. The second-order valence-electron chi connectivity index (χ2n) is 3.15. The van der Waals surface area contributed by atoms with E-state index in [1.807, 2.05) is 0 Å². The number of anilines is 1. The number of amides is 1. The summed E-state index contributed by atoms with van der Waals surface area (Å²) in [6.45, 7) is 1.37. The Morgan fingerprint density at radius 1 is 1.44 bits per heavy atom. The highest BCUT2D eigenvalue weighted by atomic mass is 35.5. The number of rotatable bonds is 3. The lowest BCUT2D eigenvalue weighted by Crippen LogP contribution is -2.30. The first-order valence-electron chi connectivity index (χ1n) is 4.47. The molecular weight excluding hydrogens is 232 g/mol. The quantitative estimate of drug-likeness (QED) is 0.609. The minimum absolute atomic E-state index is 0.0391. The van der Waals surface area contributed by atoms with Gasteiger partial charge in [-0.25, -0.2) is 4.79 Å². The van der Waals surface area contributed by atoms with Gasteiger partial charge in [0.2, 0.25) is 0 Å². The summed E-state index contributed by atoms with van der Waals surface area (Å²) in [5.74, 6) is -1.51. The highest BCUT2D eigenvalue weighted by molar-refractivity contribution is 6.34. The number of hydrogen-bond donors (Lipinski definition) is 2. The third kappa shape index (κ3) is 2.64. The molecule has 0 heterocycles. The van der Waals surface area contributed by atoms with Gasteiger partial charge < -0.3 is 16.2 Å². The summed E-state index contributed by atoms with van der Waals surface area (Å²) < 4.78 is 4.78. The molecule has 0 radical (unpaired) electrons. The first-order chi connectivity index (χ1) is 7.43. The Morgan fingerprint density at radius 2 is 2.06 bits per heavy atom. The molecule has 0 saturated carbocycles. The molecule has 0 aliphatic carbocycles. The lowest BCUT2D eigenvalue weighted by Gasteiger charge is -2.11. The number of benzene rings is 1. The second kappa shape index (κ2) is 4.85. The Kier molecular flexibility index (Phi) is 3.73. The molecule has 1 atom stereocenters. The van der Waals surface area contributed by atoms with Gasteiger partial charge >= 0.3 is 5.97 Å². The summed E-state index contributed by atoms with van der Waals surface area (Å²) in [6.07, 6.45) is -1.02. The minimum atomic E-state index is -1.02. The number of carbonyl (C=O) groups excluding carboxylic acids is 2. The molecule has 1 unspecified atom stereocenters. The highest BCUT2D eigenvalue weighted by Crippen LogP contribution is 2.23. The van der Waals surface area contributed by atoms with Crippen LogP contribution in [0, 0.1) is 0 Å². The third-order valence-electron chi connectivity index (χ3n) is 1.93. The van der Waals surface area contributed by atoms with Gasteiger partial charge in [0.25, 0.3) is 5.91 Å². The van der Waals surface area contributed by atoms with Gasteiger partial charge in [0.15, 0.2) is 6.10 Å². The maximum Gasteiger partial charge on any atom is 0.342 e. The lowest BCUT2D eigenvalue weighted by molar-refractivity contribution is -0.125. The van der Waals surface area contributed by atoms with Crippen molar-refractivity contribution in [2.45, 2.75) is 13.0 Å². The monoisotopic (exact) mass is 242 g/mol. The molecule has 16 heavy (non-hydrogen) atoms. The zero-order valence-electron chi connectivity index (χ0n) is 8.57. The molecule has 0 aromatic heterocycles. The van der Waals surface area contributed by atoms with E-state index in [0.717, 1.165) is 0 Å². The second-order valence-corrected chi connectivity index (χ2v) is 3.56. The summed E-state index contributed by atoms with van der Waals surface area (Å²) in [7, 11) is 0. The molecule has 0 fully saturated rings. The van der Waals surface area contributed by atoms with Crippen LogP contribution in [-0.4, -0.2) is 18.0 Å². The summed E-state index contributed by atoms with van der Waals surface area (Å²) >= 11 is 5.79. The molecule has 5 nitrogen and oxygen atoms in total. The van der Waals surface area contributed by atoms with Crippen LogP contribution in [0.3, 0.4) is 0 Å². The van der Waals surface area contributed by atoms with Crippen molar-refractivity contribution in [2.75, 3.05) is 5.73 Å². The van der Waals surface area contributed by atoms with Crippen LogP contribution in [0.1, 0.15) is 17.3 Å². The van der Waals surface area contributed by atoms with Gasteiger partial charge in [-0.1, -0.05) is 17.7 Å². The molecule has 0 spiro atoms. The van der Waals surface area contributed by atoms with E-state index in [1.54, 1.807) is 6.07 Å². The lowest BCUT2D eigenvalue weighted by atomic mass is 10.2. The van der Waals surface area contributed by atoms with Crippen LogP contribution in [0.25, 0.3) is 0 Å². The van der Waals surface area contributed by atoms with E-state index in [-0.39, 0.29) is 16.3 Å². The Bertz CT molecular complexity index is 414. The Hall–Kier alpha value is -1.75. The smallest absolute Gasteiger partial charge is 0.342 e. The summed E-state index contributed by atoms with van der Waals surface area (Å²) in [6, 6.07) is 4.62. The summed E-state index contributed by atoms with van der Waals surface area (Å²) in [5, 5.41) is 0.168. The topological polar surface area (TPSA) is 95.4 Å². The van der Waals surface area contributed by atoms with Crippen LogP contribution in [0.5, 0.6) is 0 Å². The molecule has 0 aliphatic rings. The van der Waals surface area contributed by atoms with Crippen LogP contribution in [0.4, 0.5) is 5.69 Å². The van der Waals surface area contributed by atoms with Gasteiger partial charge in [0.05, 0.1) is 5.02 Å². The number of nitrogen functional groups attached to an aromatic ring is 1. The van der Waals surface area contributed by atoms with Crippen molar-refractivity contribution < 1.29 is 14.3 Å². The van der Waals surface area contributed by atoms with E-state index in [0.29, 0.717) is 0 Å².